The van der Waals surface area contributed by atoms with E-state index in [9.17, 15) is 14.4 Å². The van der Waals surface area contributed by atoms with Gasteiger partial charge in [-0.25, -0.2) is 14.3 Å². The lowest BCUT2D eigenvalue weighted by atomic mass is 9.98. The molecular formula is C25H35N5O3. The van der Waals surface area contributed by atoms with Crippen LogP contribution in [0.1, 0.15) is 70.4 Å². The summed E-state index contributed by atoms with van der Waals surface area (Å²) in [6.07, 6.45) is 5.17. The van der Waals surface area contributed by atoms with Crippen molar-refractivity contribution in [3.8, 4) is 0 Å². The fraction of sp³-hybridized carbons (Fsp3) is 0.520. The molecular weight excluding hydrogens is 418 g/mol. The van der Waals surface area contributed by atoms with Crippen LogP contribution in [-0.4, -0.2) is 24.6 Å². The molecule has 8 nitrogen and oxygen atoms in total. The normalized spacial score (nSPS) is 11.5. The van der Waals surface area contributed by atoms with Gasteiger partial charge >= 0.3 is 5.69 Å². The number of carbonyl (C=O) groups excluding carboxylic acids is 1. The summed E-state index contributed by atoms with van der Waals surface area (Å²) in [6, 6.07) is 5.88. The van der Waals surface area contributed by atoms with E-state index >= 15 is 0 Å². The molecule has 0 aliphatic heterocycles. The summed E-state index contributed by atoms with van der Waals surface area (Å²) < 4.78 is 4.38. The van der Waals surface area contributed by atoms with Crippen molar-refractivity contribution in [3.63, 3.8) is 0 Å². The van der Waals surface area contributed by atoms with Crippen LogP contribution in [0.5, 0.6) is 0 Å². The lowest BCUT2D eigenvalue weighted by Crippen LogP contribution is -2.43. The minimum atomic E-state index is -0.495. The minimum Gasteiger partial charge on any atom is -0.325 e. The molecule has 0 radical (unpaired) electrons. The number of nitrogens with zero attached hydrogens (tertiary/aromatic N) is 4. The number of unbranched alkanes of at least 4 members (excludes halogenated alkanes) is 2. The highest BCUT2D eigenvalue weighted by Crippen LogP contribution is 2.27. The molecule has 0 aliphatic rings. The average Bonchev–Trinajstić information content (AvgIpc) is 3.20. The maximum absolute atomic E-state index is 13.4. The van der Waals surface area contributed by atoms with Gasteiger partial charge in [0, 0.05) is 18.8 Å². The first-order chi connectivity index (χ1) is 15.8. The van der Waals surface area contributed by atoms with Gasteiger partial charge in [-0.3, -0.25) is 14.2 Å². The highest BCUT2D eigenvalue weighted by Gasteiger charge is 2.20. The summed E-state index contributed by atoms with van der Waals surface area (Å²) in [5, 5.41) is 2.95. The number of rotatable bonds is 10. The quantitative estimate of drug-likeness (QED) is 0.502. The van der Waals surface area contributed by atoms with Crippen LogP contribution < -0.4 is 16.6 Å². The molecule has 0 unspecified atom stereocenters. The summed E-state index contributed by atoms with van der Waals surface area (Å²) >= 11 is 0. The Bertz CT molecular complexity index is 1250. The smallest absolute Gasteiger partial charge is 0.325 e. The fourth-order valence-corrected chi connectivity index (χ4v) is 4.06. The number of amides is 1. The second-order valence-corrected chi connectivity index (χ2v) is 8.88. The third kappa shape index (κ3) is 5.10. The van der Waals surface area contributed by atoms with Gasteiger partial charge in [0.2, 0.25) is 5.91 Å². The number of anilines is 1. The molecule has 0 bridgehead atoms. The number of fused-ring (bicyclic) bond motifs is 1. The maximum Gasteiger partial charge on any atom is 0.333 e. The first-order valence-electron chi connectivity index (χ1n) is 11.9. The van der Waals surface area contributed by atoms with Gasteiger partial charge in [-0.15, -0.1) is 0 Å². The number of hydrogen-bond acceptors (Lipinski definition) is 4. The van der Waals surface area contributed by atoms with Gasteiger partial charge in [-0.1, -0.05) is 58.7 Å². The Morgan fingerprint density at radius 2 is 1.76 bits per heavy atom. The van der Waals surface area contributed by atoms with Crippen molar-refractivity contribution in [2.45, 2.75) is 85.9 Å². The van der Waals surface area contributed by atoms with E-state index in [1.165, 1.54) is 4.57 Å². The van der Waals surface area contributed by atoms with Crippen molar-refractivity contribution in [1.82, 2.24) is 18.7 Å². The lowest BCUT2D eigenvalue weighted by Gasteiger charge is -2.17. The predicted molar refractivity (Wildman–Crippen MR) is 132 cm³/mol. The molecule has 0 atom stereocenters. The van der Waals surface area contributed by atoms with Crippen molar-refractivity contribution in [1.29, 1.82) is 0 Å². The Morgan fingerprint density at radius 1 is 1.06 bits per heavy atom. The number of benzene rings is 1. The summed E-state index contributed by atoms with van der Waals surface area (Å²) in [5.41, 5.74) is 2.51. The van der Waals surface area contributed by atoms with Crippen molar-refractivity contribution < 1.29 is 4.79 Å². The highest BCUT2D eigenvalue weighted by molar-refractivity contribution is 5.92. The van der Waals surface area contributed by atoms with Crippen LogP contribution in [0.15, 0.2) is 34.1 Å². The molecule has 2 aromatic heterocycles. The Kier molecular flexibility index (Phi) is 7.89. The first-order valence-corrected chi connectivity index (χ1v) is 11.9. The number of aryl methyl sites for hydroxylation is 3. The zero-order valence-electron chi connectivity index (χ0n) is 20.4. The van der Waals surface area contributed by atoms with Crippen molar-refractivity contribution in [2.75, 3.05) is 5.32 Å². The third-order valence-electron chi connectivity index (χ3n) is 5.96. The number of carbonyl (C=O) groups is 1. The number of nitrogens with one attached hydrogen (secondary N) is 1. The summed E-state index contributed by atoms with van der Waals surface area (Å²) in [5.74, 6) is -0.176. The minimum absolute atomic E-state index is 0.221. The second-order valence-electron chi connectivity index (χ2n) is 8.88. The van der Waals surface area contributed by atoms with E-state index in [4.69, 9.17) is 0 Å². The van der Waals surface area contributed by atoms with Crippen LogP contribution in [-0.2, 0) is 24.4 Å². The van der Waals surface area contributed by atoms with Gasteiger partial charge < -0.3 is 9.88 Å². The number of imidazole rings is 1. The summed E-state index contributed by atoms with van der Waals surface area (Å²) in [7, 11) is 0. The number of para-hydroxylation sites is 1. The molecule has 0 saturated heterocycles. The summed E-state index contributed by atoms with van der Waals surface area (Å²) in [4.78, 5) is 44.0. The number of hydrogen-bond donors (Lipinski definition) is 1. The van der Waals surface area contributed by atoms with E-state index in [1.807, 2.05) is 32.0 Å². The Balaban J connectivity index is 2.05. The molecule has 0 aliphatic carbocycles. The molecule has 3 rings (SSSR count). The SMILES string of the molecule is CCCCn1cnc2c1c(=O)n(CC(=O)Nc1c(C)cccc1C(C)C)c(=O)n2CCCC. The van der Waals surface area contributed by atoms with Crippen LogP contribution >= 0.6 is 0 Å². The van der Waals surface area contributed by atoms with E-state index in [0.717, 1.165) is 47.1 Å². The molecule has 3 aromatic rings. The topological polar surface area (TPSA) is 90.9 Å². The molecule has 0 saturated carbocycles. The van der Waals surface area contributed by atoms with Crippen LogP contribution in [0.3, 0.4) is 0 Å². The molecule has 1 N–H and O–H groups in total. The maximum atomic E-state index is 13.4. The number of aromatic nitrogens is 4. The van der Waals surface area contributed by atoms with E-state index in [2.05, 4.69) is 31.1 Å². The monoisotopic (exact) mass is 453 g/mol. The largest absolute Gasteiger partial charge is 0.333 e. The molecule has 0 fully saturated rings. The average molecular weight is 454 g/mol. The Labute approximate surface area is 194 Å². The van der Waals surface area contributed by atoms with Crippen molar-refractivity contribution >= 4 is 22.8 Å². The van der Waals surface area contributed by atoms with Gasteiger partial charge in [-0.05, 0) is 36.8 Å². The zero-order chi connectivity index (χ0) is 24.1. The fourth-order valence-electron chi connectivity index (χ4n) is 4.06. The zero-order valence-corrected chi connectivity index (χ0v) is 20.4. The molecule has 1 aromatic carbocycles. The molecule has 0 spiro atoms. The standard InChI is InChI=1S/C25H35N5O3/c1-6-8-13-28-16-26-23-22(28)24(32)30(25(33)29(23)14-9-7-2)15-20(31)27-21-18(5)11-10-12-19(21)17(3)4/h10-12,16-17H,6-9,13-15H2,1-5H3,(H,27,31). The second kappa shape index (κ2) is 10.6. The van der Waals surface area contributed by atoms with Gasteiger partial charge in [0.05, 0.1) is 6.33 Å². The molecule has 2 heterocycles. The predicted octanol–water partition coefficient (Wildman–Crippen LogP) is 4.03. The van der Waals surface area contributed by atoms with E-state index in [-0.39, 0.29) is 12.5 Å². The summed E-state index contributed by atoms with van der Waals surface area (Å²) in [6.45, 7) is 10.9. The van der Waals surface area contributed by atoms with Gasteiger partial charge in [0.1, 0.15) is 6.54 Å². The van der Waals surface area contributed by atoms with Crippen LogP contribution in [0, 0.1) is 6.92 Å². The van der Waals surface area contributed by atoms with E-state index < -0.39 is 17.2 Å². The highest BCUT2D eigenvalue weighted by atomic mass is 16.2. The van der Waals surface area contributed by atoms with Crippen molar-refractivity contribution in [3.05, 3.63) is 56.5 Å². The van der Waals surface area contributed by atoms with E-state index in [1.54, 1.807) is 10.9 Å². The Morgan fingerprint density at radius 3 is 2.42 bits per heavy atom. The molecule has 178 valence electrons. The Hall–Kier alpha value is -3.16. The molecule has 8 heteroatoms. The lowest BCUT2D eigenvalue weighted by molar-refractivity contribution is -0.116. The van der Waals surface area contributed by atoms with Gasteiger partial charge in [0.15, 0.2) is 11.2 Å². The van der Waals surface area contributed by atoms with Gasteiger partial charge in [0.25, 0.3) is 5.56 Å². The van der Waals surface area contributed by atoms with Crippen LogP contribution in [0.25, 0.3) is 11.2 Å². The molecule has 33 heavy (non-hydrogen) atoms. The van der Waals surface area contributed by atoms with Crippen molar-refractivity contribution in [2.24, 2.45) is 0 Å². The first kappa shape index (κ1) is 24.5. The molecule has 1 amide bonds. The third-order valence-corrected chi connectivity index (χ3v) is 5.96. The van der Waals surface area contributed by atoms with Crippen LogP contribution in [0.2, 0.25) is 0 Å². The van der Waals surface area contributed by atoms with Crippen LogP contribution in [0.4, 0.5) is 5.69 Å². The van der Waals surface area contributed by atoms with E-state index in [0.29, 0.717) is 24.3 Å². The van der Waals surface area contributed by atoms with Gasteiger partial charge in [-0.2, -0.15) is 0 Å².